The first-order valence-electron chi connectivity index (χ1n) is 10.00. The minimum Gasteiger partial charge on any atom is -0.494 e. The lowest BCUT2D eigenvalue weighted by Gasteiger charge is -2.20. The fourth-order valence-electron chi connectivity index (χ4n) is 4.59. The molecule has 0 aromatic heterocycles. The Morgan fingerprint density at radius 2 is 1.63 bits per heavy atom. The molecule has 3 atom stereocenters. The van der Waals surface area contributed by atoms with E-state index < -0.39 is 0 Å². The number of fused-ring (bicyclic) bond motifs is 2. The minimum atomic E-state index is 0.132. The van der Waals surface area contributed by atoms with Gasteiger partial charge in [-0.1, -0.05) is 6.42 Å². The maximum absolute atomic E-state index is 12.4. The zero-order valence-electron chi connectivity index (χ0n) is 15.8. The average molecular weight is 365 g/mol. The Balaban J connectivity index is 1.28. The van der Waals surface area contributed by atoms with Gasteiger partial charge in [-0.15, -0.1) is 0 Å². The predicted octanol–water partition coefficient (Wildman–Crippen LogP) is 5.64. The summed E-state index contributed by atoms with van der Waals surface area (Å²) >= 11 is 0. The SMILES string of the molecule is CCOc1ccc(Oc2ccc(NC(=O)C[C@H]3C[C@H]4CC[C@@H]3C4)cc2)cc1. The van der Waals surface area contributed by atoms with E-state index in [4.69, 9.17) is 9.47 Å². The normalized spacial score (nSPS) is 23.2. The summed E-state index contributed by atoms with van der Waals surface area (Å²) < 4.78 is 11.3. The van der Waals surface area contributed by atoms with E-state index in [9.17, 15) is 4.79 Å². The van der Waals surface area contributed by atoms with Crippen LogP contribution in [0.4, 0.5) is 5.69 Å². The first kappa shape index (κ1) is 17.9. The summed E-state index contributed by atoms with van der Waals surface area (Å²) in [6.07, 6.45) is 5.94. The largest absolute Gasteiger partial charge is 0.494 e. The predicted molar refractivity (Wildman–Crippen MR) is 106 cm³/mol. The summed E-state index contributed by atoms with van der Waals surface area (Å²) in [5, 5.41) is 3.03. The Kier molecular flexibility index (Phi) is 5.33. The van der Waals surface area contributed by atoms with Crippen LogP contribution >= 0.6 is 0 Å². The van der Waals surface area contributed by atoms with Crippen molar-refractivity contribution in [3.63, 3.8) is 0 Å². The summed E-state index contributed by atoms with van der Waals surface area (Å²) in [5.41, 5.74) is 0.821. The Labute approximate surface area is 160 Å². The summed E-state index contributed by atoms with van der Waals surface area (Å²) in [7, 11) is 0. The third-order valence-corrected chi connectivity index (χ3v) is 5.84. The standard InChI is InChI=1S/C23H27NO3/c1-2-26-20-9-11-22(12-10-20)27-21-7-5-19(6-8-21)24-23(25)15-18-14-16-3-4-17(18)13-16/h5-12,16-18H,2-4,13-15H2,1H3,(H,24,25)/t16-,17+,18+/m0/s1. The molecule has 0 aliphatic heterocycles. The molecule has 2 aliphatic carbocycles. The first-order chi connectivity index (χ1) is 13.2. The van der Waals surface area contributed by atoms with Crippen LogP contribution in [0.5, 0.6) is 17.2 Å². The van der Waals surface area contributed by atoms with Crippen molar-refractivity contribution in [2.75, 3.05) is 11.9 Å². The minimum absolute atomic E-state index is 0.132. The highest BCUT2D eigenvalue weighted by Gasteiger charge is 2.40. The maximum atomic E-state index is 12.4. The van der Waals surface area contributed by atoms with E-state index in [1.165, 1.54) is 25.7 Å². The van der Waals surface area contributed by atoms with Crippen LogP contribution in [-0.4, -0.2) is 12.5 Å². The number of amides is 1. The molecule has 4 nitrogen and oxygen atoms in total. The first-order valence-corrected chi connectivity index (χ1v) is 10.00. The highest BCUT2D eigenvalue weighted by Crippen LogP contribution is 2.49. The van der Waals surface area contributed by atoms with Crippen LogP contribution in [0.15, 0.2) is 48.5 Å². The molecule has 2 saturated carbocycles. The fraction of sp³-hybridized carbons (Fsp3) is 0.435. The van der Waals surface area contributed by atoms with E-state index in [1.54, 1.807) is 0 Å². The smallest absolute Gasteiger partial charge is 0.224 e. The van der Waals surface area contributed by atoms with Gasteiger partial charge in [0.25, 0.3) is 0 Å². The molecule has 2 bridgehead atoms. The van der Waals surface area contributed by atoms with Crippen molar-refractivity contribution in [3.8, 4) is 17.2 Å². The molecule has 4 heteroatoms. The van der Waals surface area contributed by atoms with Gasteiger partial charge in [-0.2, -0.15) is 0 Å². The van der Waals surface area contributed by atoms with Crippen molar-refractivity contribution in [2.45, 2.75) is 39.0 Å². The highest BCUT2D eigenvalue weighted by atomic mass is 16.5. The number of anilines is 1. The van der Waals surface area contributed by atoms with Crippen molar-refractivity contribution in [3.05, 3.63) is 48.5 Å². The molecule has 4 rings (SSSR count). The summed E-state index contributed by atoms with van der Waals surface area (Å²) in [6.45, 7) is 2.61. The third kappa shape index (κ3) is 4.44. The van der Waals surface area contributed by atoms with E-state index in [0.717, 1.165) is 34.8 Å². The van der Waals surface area contributed by atoms with Crippen LogP contribution < -0.4 is 14.8 Å². The number of carbonyl (C=O) groups is 1. The van der Waals surface area contributed by atoms with E-state index >= 15 is 0 Å². The molecule has 2 aromatic rings. The lowest BCUT2D eigenvalue weighted by Crippen LogP contribution is -2.20. The maximum Gasteiger partial charge on any atom is 0.224 e. The quantitative estimate of drug-likeness (QED) is 0.690. The second-order valence-corrected chi connectivity index (χ2v) is 7.72. The Morgan fingerprint density at radius 3 is 2.22 bits per heavy atom. The second-order valence-electron chi connectivity index (χ2n) is 7.72. The van der Waals surface area contributed by atoms with Gasteiger partial charge in [0.05, 0.1) is 6.61 Å². The number of nitrogens with one attached hydrogen (secondary N) is 1. The molecule has 2 aliphatic rings. The lowest BCUT2D eigenvalue weighted by molar-refractivity contribution is -0.117. The van der Waals surface area contributed by atoms with Crippen molar-refractivity contribution in [1.82, 2.24) is 0 Å². The number of rotatable bonds is 7. The molecule has 1 N–H and O–H groups in total. The van der Waals surface area contributed by atoms with Crippen molar-refractivity contribution < 1.29 is 14.3 Å². The van der Waals surface area contributed by atoms with E-state index in [-0.39, 0.29) is 5.91 Å². The fourth-order valence-corrected chi connectivity index (χ4v) is 4.59. The topological polar surface area (TPSA) is 47.6 Å². The van der Waals surface area contributed by atoms with E-state index in [0.29, 0.717) is 18.9 Å². The molecule has 0 heterocycles. The van der Waals surface area contributed by atoms with Crippen molar-refractivity contribution in [1.29, 1.82) is 0 Å². The van der Waals surface area contributed by atoms with Crippen LogP contribution in [-0.2, 0) is 4.79 Å². The number of carbonyl (C=O) groups excluding carboxylic acids is 1. The van der Waals surface area contributed by atoms with Crippen molar-refractivity contribution in [2.24, 2.45) is 17.8 Å². The van der Waals surface area contributed by atoms with Gasteiger partial charge < -0.3 is 14.8 Å². The number of hydrogen-bond donors (Lipinski definition) is 1. The molecule has 1 amide bonds. The van der Waals surface area contributed by atoms with Crippen molar-refractivity contribution >= 4 is 11.6 Å². The van der Waals surface area contributed by atoms with Gasteiger partial charge in [0.2, 0.25) is 5.91 Å². The summed E-state index contributed by atoms with van der Waals surface area (Å²) in [4.78, 5) is 12.4. The van der Waals surface area contributed by atoms with Gasteiger partial charge in [-0.05, 0) is 92.5 Å². The molecule has 2 fully saturated rings. The van der Waals surface area contributed by atoms with Gasteiger partial charge in [0, 0.05) is 12.1 Å². The highest BCUT2D eigenvalue weighted by molar-refractivity contribution is 5.90. The zero-order chi connectivity index (χ0) is 18.6. The second kappa shape index (κ2) is 8.03. The number of ether oxygens (including phenoxy) is 2. The van der Waals surface area contributed by atoms with Crippen LogP contribution in [0.2, 0.25) is 0 Å². The molecular weight excluding hydrogens is 338 g/mol. The summed E-state index contributed by atoms with van der Waals surface area (Å²) in [6, 6.07) is 15.1. The third-order valence-electron chi connectivity index (χ3n) is 5.84. The molecule has 2 aromatic carbocycles. The van der Waals surface area contributed by atoms with Gasteiger partial charge in [-0.3, -0.25) is 4.79 Å². The van der Waals surface area contributed by atoms with Gasteiger partial charge in [0.15, 0.2) is 0 Å². The Hall–Kier alpha value is -2.49. The molecule has 0 saturated heterocycles. The average Bonchev–Trinajstić information content (AvgIpc) is 3.28. The van der Waals surface area contributed by atoms with Crippen LogP contribution in [0.25, 0.3) is 0 Å². The van der Waals surface area contributed by atoms with Crippen LogP contribution in [0.1, 0.15) is 39.0 Å². The number of hydrogen-bond acceptors (Lipinski definition) is 3. The molecule has 142 valence electrons. The molecule has 27 heavy (non-hydrogen) atoms. The van der Waals surface area contributed by atoms with Gasteiger partial charge in [-0.25, -0.2) is 0 Å². The van der Waals surface area contributed by atoms with Crippen LogP contribution in [0.3, 0.4) is 0 Å². The van der Waals surface area contributed by atoms with E-state index in [2.05, 4.69) is 5.32 Å². The zero-order valence-corrected chi connectivity index (χ0v) is 15.8. The lowest BCUT2D eigenvalue weighted by atomic mass is 9.86. The Morgan fingerprint density at radius 1 is 0.963 bits per heavy atom. The van der Waals surface area contributed by atoms with Gasteiger partial charge >= 0.3 is 0 Å². The molecule has 0 radical (unpaired) electrons. The number of benzene rings is 2. The molecule has 0 unspecified atom stereocenters. The Bertz CT molecular complexity index is 769. The van der Waals surface area contributed by atoms with E-state index in [1.807, 2.05) is 55.5 Å². The molecular formula is C23H27NO3. The molecule has 0 spiro atoms. The van der Waals surface area contributed by atoms with Crippen LogP contribution in [0, 0.1) is 17.8 Å². The van der Waals surface area contributed by atoms with Gasteiger partial charge in [0.1, 0.15) is 17.2 Å². The summed E-state index contributed by atoms with van der Waals surface area (Å²) in [5.74, 6) is 4.71. The monoisotopic (exact) mass is 365 g/mol.